The van der Waals surface area contributed by atoms with Crippen molar-refractivity contribution in [3.63, 3.8) is 0 Å². The Morgan fingerprint density at radius 1 is 1.08 bits per heavy atom. The number of hydrogen-bond donors (Lipinski definition) is 2. The van der Waals surface area contributed by atoms with Crippen LogP contribution in [0.15, 0.2) is 52.0 Å². The van der Waals surface area contributed by atoms with Gasteiger partial charge in [-0.15, -0.1) is 0 Å². The number of fused-ring (bicyclic) bond motifs is 3. The molecule has 39 heavy (non-hydrogen) atoms. The molecule has 4 heterocycles. The summed E-state index contributed by atoms with van der Waals surface area (Å²) in [7, 11) is 3.75. The summed E-state index contributed by atoms with van der Waals surface area (Å²) in [6.07, 6.45) is 0.0156. The molecule has 198 valence electrons. The summed E-state index contributed by atoms with van der Waals surface area (Å²) in [5.41, 5.74) is 6.30. The van der Waals surface area contributed by atoms with Crippen LogP contribution in [0, 0.1) is 26.7 Å². The van der Waals surface area contributed by atoms with Crippen LogP contribution in [0.2, 0.25) is 0 Å². The first-order valence-corrected chi connectivity index (χ1v) is 13.1. The molecule has 6 rings (SSSR count). The first-order chi connectivity index (χ1) is 18.8. The van der Waals surface area contributed by atoms with E-state index in [9.17, 15) is 0 Å². The molecular formula is C30H32N7O2+. The highest BCUT2D eigenvalue weighted by atomic mass is 16.5. The standard InChI is InChI=1S/C30H31N7O2/c1-15(2)29-34-26(19-11-9-8-10-12-19)30(37(29)6)35-28-25-20-14-23(38-7)21(24-16(3)36-39-17(24)4)13-22(20)33-27(25)31-18(5)32-28/h8-15,29H,1-7H3,(H,31,32,33,34)/p+1. The number of anilines is 1. The Morgan fingerprint density at radius 2 is 1.85 bits per heavy atom. The second-order valence-corrected chi connectivity index (χ2v) is 10.4. The normalized spacial score (nSPS) is 15.6. The molecule has 5 aromatic rings. The highest BCUT2D eigenvalue weighted by molar-refractivity contribution is 6.50. The Balaban J connectivity index is 1.54. The van der Waals surface area contributed by atoms with E-state index in [0.717, 1.165) is 67.4 Å². The lowest BCUT2D eigenvalue weighted by Gasteiger charge is -2.12. The van der Waals surface area contributed by atoms with Gasteiger partial charge in [0.25, 0.3) is 0 Å². The van der Waals surface area contributed by atoms with E-state index in [1.54, 1.807) is 7.11 Å². The molecule has 0 amide bonds. The molecule has 9 nitrogen and oxygen atoms in total. The van der Waals surface area contributed by atoms with Gasteiger partial charge in [-0.05, 0) is 32.9 Å². The summed E-state index contributed by atoms with van der Waals surface area (Å²) >= 11 is 0. The molecular weight excluding hydrogens is 490 g/mol. The zero-order valence-electron chi connectivity index (χ0n) is 23.2. The molecule has 0 radical (unpaired) electrons. The van der Waals surface area contributed by atoms with Crippen molar-refractivity contribution in [2.24, 2.45) is 10.9 Å². The molecule has 2 N–H and O–H groups in total. The molecule has 2 aromatic carbocycles. The quantitative estimate of drug-likeness (QED) is 0.290. The van der Waals surface area contributed by atoms with Gasteiger partial charge < -0.3 is 14.2 Å². The number of rotatable bonds is 5. The Labute approximate surface area is 226 Å². The van der Waals surface area contributed by atoms with Crippen molar-refractivity contribution in [1.29, 1.82) is 0 Å². The third-order valence-electron chi connectivity index (χ3n) is 7.30. The van der Waals surface area contributed by atoms with Crippen LogP contribution in [0.5, 0.6) is 5.75 Å². The van der Waals surface area contributed by atoms with Gasteiger partial charge in [-0.2, -0.15) is 4.98 Å². The number of H-pyrrole nitrogens is 1. The Kier molecular flexibility index (Phi) is 5.94. The molecule has 1 atom stereocenters. The molecule has 0 spiro atoms. The maximum atomic E-state index is 5.86. The van der Waals surface area contributed by atoms with E-state index in [0.29, 0.717) is 17.6 Å². The number of aromatic nitrogens is 4. The first-order valence-electron chi connectivity index (χ1n) is 13.1. The molecule has 3 aromatic heterocycles. The van der Waals surface area contributed by atoms with Crippen LogP contribution in [-0.2, 0) is 0 Å². The number of aryl methyl sites for hydroxylation is 3. The van der Waals surface area contributed by atoms with E-state index in [1.165, 1.54) is 0 Å². The smallest absolute Gasteiger partial charge is 0.304 e. The second kappa shape index (κ2) is 9.34. The first kappa shape index (κ1) is 24.8. The minimum absolute atomic E-state index is 0.0156. The SMILES string of the molecule is COc1cc2c(cc1-c1c(C)noc1C)[nH]c1nc(C)nc(NC3=[N+](C)C(C(C)C)N=C3c3ccccc3)c12. The van der Waals surface area contributed by atoms with Crippen LogP contribution in [-0.4, -0.2) is 56.6 Å². The average Bonchev–Trinajstić information content (AvgIpc) is 3.55. The van der Waals surface area contributed by atoms with Gasteiger partial charge in [-0.25, -0.2) is 19.9 Å². The van der Waals surface area contributed by atoms with Gasteiger partial charge in [0.05, 0.1) is 30.8 Å². The minimum Gasteiger partial charge on any atom is -0.496 e. The van der Waals surface area contributed by atoms with E-state index in [2.05, 4.69) is 59.1 Å². The summed E-state index contributed by atoms with van der Waals surface area (Å²) in [4.78, 5) is 18.2. The fourth-order valence-electron chi connectivity index (χ4n) is 5.50. The highest BCUT2D eigenvalue weighted by Gasteiger charge is 2.35. The van der Waals surface area contributed by atoms with Gasteiger partial charge in [-0.3, -0.25) is 0 Å². The van der Waals surface area contributed by atoms with Gasteiger partial charge in [0, 0.05) is 27.9 Å². The van der Waals surface area contributed by atoms with Crippen LogP contribution >= 0.6 is 0 Å². The van der Waals surface area contributed by atoms with Gasteiger partial charge in [0.1, 0.15) is 23.0 Å². The van der Waals surface area contributed by atoms with Crippen LogP contribution < -0.4 is 10.1 Å². The third-order valence-corrected chi connectivity index (χ3v) is 7.30. The van der Waals surface area contributed by atoms with E-state index in [1.807, 2.05) is 45.0 Å². The lowest BCUT2D eigenvalue weighted by atomic mass is 10.0. The lowest BCUT2D eigenvalue weighted by molar-refractivity contribution is -0.538. The number of ether oxygens (including phenoxy) is 1. The number of hydrogen-bond acceptors (Lipinski definition) is 7. The molecule has 0 fully saturated rings. The zero-order valence-corrected chi connectivity index (χ0v) is 23.2. The number of methoxy groups -OCH3 is 1. The summed E-state index contributed by atoms with van der Waals surface area (Å²) in [5, 5.41) is 9.65. The zero-order chi connectivity index (χ0) is 27.4. The van der Waals surface area contributed by atoms with Crippen molar-refractivity contribution >= 4 is 39.3 Å². The second-order valence-electron chi connectivity index (χ2n) is 10.4. The number of benzene rings is 2. The number of aliphatic imine (C=N–C) groups is 1. The van der Waals surface area contributed by atoms with Gasteiger partial charge in [0.2, 0.25) is 5.82 Å². The van der Waals surface area contributed by atoms with Crippen molar-refractivity contribution < 1.29 is 13.8 Å². The van der Waals surface area contributed by atoms with Crippen molar-refractivity contribution in [3.8, 4) is 16.9 Å². The third kappa shape index (κ3) is 4.05. The molecule has 9 heteroatoms. The fourth-order valence-corrected chi connectivity index (χ4v) is 5.50. The van der Waals surface area contributed by atoms with Crippen LogP contribution in [0.3, 0.4) is 0 Å². The molecule has 1 unspecified atom stereocenters. The topological polar surface area (TPSA) is 104 Å². The Morgan fingerprint density at radius 3 is 2.51 bits per heavy atom. The van der Waals surface area contributed by atoms with Crippen molar-refractivity contribution in [2.45, 2.75) is 40.8 Å². The molecule has 0 saturated heterocycles. The molecule has 0 bridgehead atoms. The van der Waals surface area contributed by atoms with E-state index in [4.69, 9.17) is 24.2 Å². The van der Waals surface area contributed by atoms with Crippen LogP contribution in [0.1, 0.15) is 36.7 Å². The monoisotopic (exact) mass is 522 g/mol. The summed E-state index contributed by atoms with van der Waals surface area (Å²) in [6.45, 7) is 10.1. The maximum Gasteiger partial charge on any atom is 0.304 e. The summed E-state index contributed by atoms with van der Waals surface area (Å²) in [5.74, 6) is 4.09. The van der Waals surface area contributed by atoms with Crippen LogP contribution in [0.4, 0.5) is 5.82 Å². The maximum absolute atomic E-state index is 5.86. The van der Waals surface area contributed by atoms with E-state index in [-0.39, 0.29) is 6.17 Å². The van der Waals surface area contributed by atoms with Crippen molar-refractivity contribution in [1.82, 2.24) is 20.1 Å². The minimum atomic E-state index is 0.0156. The summed E-state index contributed by atoms with van der Waals surface area (Å²) < 4.78 is 13.5. The lowest BCUT2D eigenvalue weighted by Crippen LogP contribution is -2.32. The predicted octanol–water partition coefficient (Wildman–Crippen LogP) is 5.64. The molecule has 1 aliphatic heterocycles. The molecule has 1 aliphatic rings. The number of nitrogens with zero attached hydrogens (tertiary/aromatic N) is 5. The Bertz CT molecular complexity index is 1780. The van der Waals surface area contributed by atoms with Gasteiger partial charge in [-0.1, -0.05) is 49.3 Å². The fraction of sp³-hybridized carbons (Fsp3) is 0.300. The van der Waals surface area contributed by atoms with E-state index >= 15 is 0 Å². The van der Waals surface area contributed by atoms with Crippen molar-refractivity contribution in [3.05, 3.63) is 65.3 Å². The number of aromatic amines is 1. The highest BCUT2D eigenvalue weighted by Crippen LogP contribution is 2.40. The average molecular weight is 523 g/mol. The number of amidine groups is 1. The number of nitrogens with one attached hydrogen (secondary N) is 2. The molecule has 0 saturated carbocycles. The van der Waals surface area contributed by atoms with Crippen molar-refractivity contribution in [2.75, 3.05) is 19.5 Å². The predicted molar refractivity (Wildman–Crippen MR) is 154 cm³/mol. The van der Waals surface area contributed by atoms with Gasteiger partial charge >= 0.3 is 5.84 Å². The largest absolute Gasteiger partial charge is 0.496 e. The van der Waals surface area contributed by atoms with E-state index < -0.39 is 0 Å². The Hall–Kier alpha value is -4.53. The molecule has 0 aliphatic carbocycles. The van der Waals surface area contributed by atoms with Crippen LogP contribution in [0.25, 0.3) is 33.1 Å². The van der Waals surface area contributed by atoms with Gasteiger partial charge in [0.15, 0.2) is 11.9 Å². The summed E-state index contributed by atoms with van der Waals surface area (Å²) in [6, 6.07) is 14.4.